The van der Waals surface area contributed by atoms with Gasteiger partial charge in [-0.3, -0.25) is 9.59 Å². The number of aryl methyl sites for hydroxylation is 2. The third-order valence-electron chi connectivity index (χ3n) is 6.71. The number of fused-ring (bicyclic) bond motifs is 1. The second kappa shape index (κ2) is 12.1. The molecule has 7 heteroatoms. The Morgan fingerprint density at radius 2 is 1.44 bits per heavy atom. The maximum absolute atomic E-state index is 13.6. The number of nitrogens with one attached hydrogen (secondary N) is 2. The minimum Gasteiger partial charge on any atom is -0.478 e. The van der Waals surface area contributed by atoms with Crippen LogP contribution in [0.4, 0.5) is 11.4 Å². The van der Waals surface area contributed by atoms with Crippen molar-refractivity contribution in [3.63, 3.8) is 0 Å². The summed E-state index contributed by atoms with van der Waals surface area (Å²) in [5, 5.41) is 16.2. The van der Waals surface area contributed by atoms with Crippen LogP contribution in [0, 0.1) is 13.8 Å². The molecule has 5 aromatic carbocycles. The van der Waals surface area contributed by atoms with E-state index in [-0.39, 0.29) is 17.0 Å². The van der Waals surface area contributed by atoms with Crippen molar-refractivity contribution < 1.29 is 19.5 Å². The van der Waals surface area contributed by atoms with Crippen LogP contribution >= 0.6 is 11.8 Å². The molecule has 0 spiro atoms. The Morgan fingerprint density at radius 3 is 2.15 bits per heavy atom. The number of carboxylic acids is 1. The van der Waals surface area contributed by atoms with Gasteiger partial charge in [0.1, 0.15) is 5.25 Å². The molecule has 0 saturated heterocycles. The van der Waals surface area contributed by atoms with Crippen LogP contribution in [0.1, 0.15) is 42.7 Å². The van der Waals surface area contributed by atoms with Crippen molar-refractivity contribution in [2.24, 2.45) is 0 Å². The summed E-state index contributed by atoms with van der Waals surface area (Å²) in [6.07, 6.45) is 0. The summed E-state index contributed by atoms with van der Waals surface area (Å²) in [4.78, 5) is 39.6. The van der Waals surface area contributed by atoms with Gasteiger partial charge in [0.2, 0.25) is 5.91 Å². The number of carboxylic acid groups (broad SMARTS) is 1. The molecule has 0 saturated carbocycles. The van der Waals surface area contributed by atoms with E-state index in [0.29, 0.717) is 16.5 Å². The molecule has 1 unspecified atom stereocenters. The molecule has 0 aliphatic rings. The first kappa shape index (κ1) is 27.7. The molecule has 3 N–H and O–H groups in total. The lowest BCUT2D eigenvalue weighted by Gasteiger charge is -2.19. The number of benzene rings is 5. The van der Waals surface area contributed by atoms with Crippen LogP contribution in [0.15, 0.2) is 114 Å². The van der Waals surface area contributed by atoms with Crippen molar-refractivity contribution in [3.8, 4) is 0 Å². The van der Waals surface area contributed by atoms with Crippen molar-refractivity contribution in [1.82, 2.24) is 0 Å². The topological polar surface area (TPSA) is 95.5 Å². The highest BCUT2D eigenvalue weighted by Crippen LogP contribution is 2.37. The number of hydrogen-bond donors (Lipinski definition) is 3. The van der Waals surface area contributed by atoms with Crippen molar-refractivity contribution in [1.29, 1.82) is 0 Å². The molecule has 0 aliphatic heterocycles. The van der Waals surface area contributed by atoms with Gasteiger partial charge in [0.25, 0.3) is 5.91 Å². The van der Waals surface area contributed by atoms with Crippen molar-refractivity contribution in [2.75, 3.05) is 10.6 Å². The van der Waals surface area contributed by atoms with Gasteiger partial charge >= 0.3 is 5.97 Å². The number of thioether (sulfide) groups is 1. The number of aromatic carboxylic acids is 1. The third-order valence-corrected chi connectivity index (χ3v) is 7.95. The zero-order valence-corrected chi connectivity index (χ0v) is 23.4. The van der Waals surface area contributed by atoms with Crippen LogP contribution in [0.25, 0.3) is 10.8 Å². The van der Waals surface area contributed by atoms with Crippen LogP contribution < -0.4 is 10.6 Å². The Balaban J connectivity index is 1.41. The third kappa shape index (κ3) is 6.31. The van der Waals surface area contributed by atoms with Gasteiger partial charge in [-0.1, -0.05) is 78.4 Å². The number of anilines is 2. The average molecular weight is 561 g/mol. The summed E-state index contributed by atoms with van der Waals surface area (Å²) < 4.78 is 0. The van der Waals surface area contributed by atoms with Gasteiger partial charge in [-0.2, -0.15) is 0 Å². The van der Waals surface area contributed by atoms with E-state index in [4.69, 9.17) is 0 Å². The summed E-state index contributed by atoms with van der Waals surface area (Å²) in [5.74, 6) is -1.67. The largest absolute Gasteiger partial charge is 0.478 e. The predicted molar refractivity (Wildman–Crippen MR) is 165 cm³/mol. The molecule has 0 aromatic heterocycles. The highest BCUT2D eigenvalue weighted by atomic mass is 32.2. The summed E-state index contributed by atoms with van der Waals surface area (Å²) in [7, 11) is 0. The summed E-state index contributed by atoms with van der Waals surface area (Å²) in [5.41, 5.74) is 4.60. The number of carbonyl (C=O) groups excluding carboxylic acids is 2. The van der Waals surface area contributed by atoms with Gasteiger partial charge < -0.3 is 15.7 Å². The van der Waals surface area contributed by atoms with Crippen LogP contribution in [0.3, 0.4) is 0 Å². The first-order valence-electron chi connectivity index (χ1n) is 13.1. The molecule has 0 radical (unpaired) electrons. The van der Waals surface area contributed by atoms with E-state index in [0.717, 1.165) is 27.3 Å². The standard InChI is InChI=1S/C34H28N2O4S/c1-21-17-18-29(22(2)19-21)36-33(38)31(24-9-4-3-5-10-24)41-26-14-8-13-25(20-26)35-32(37)27-15-6-11-23-12-7-16-28(30(23)27)34(39)40/h3-20,31H,1-2H3,(H,35,37)(H,36,38)(H,39,40). The molecular formula is C34H28N2O4S. The Labute approximate surface area is 242 Å². The fourth-order valence-corrected chi connectivity index (χ4v) is 5.83. The van der Waals surface area contributed by atoms with Gasteiger partial charge in [0, 0.05) is 27.2 Å². The fraction of sp³-hybridized carbons (Fsp3) is 0.0882. The molecule has 1 atom stereocenters. The van der Waals surface area contributed by atoms with Crippen molar-refractivity contribution >= 4 is 51.7 Å². The minimum atomic E-state index is -1.10. The van der Waals surface area contributed by atoms with E-state index in [9.17, 15) is 19.5 Å². The number of carbonyl (C=O) groups is 3. The van der Waals surface area contributed by atoms with Crippen LogP contribution in [0.5, 0.6) is 0 Å². The quantitative estimate of drug-likeness (QED) is 0.168. The van der Waals surface area contributed by atoms with Gasteiger partial charge in [0.15, 0.2) is 0 Å². The van der Waals surface area contributed by atoms with E-state index >= 15 is 0 Å². The first-order chi connectivity index (χ1) is 19.8. The smallest absolute Gasteiger partial charge is 0.336 e. The maximum Gasteiger partial charge on any atom is 0.336 e. The molecule has 6 nitrogen and oxygen atoms in total. The highest BCUT2D eigenvalue weighted by molar-refractivity contribution is 8.00. The Hall–Kier alpha value is -4.88. The first-order valence-corrected chi connectivity index (χ1v) is 13.9. The zero-order valence-electron chi connectivity index (χ0n) is 22.5. The Kier molecular flexibility index (Phi) is 8.17. The van der Waals surface area contributed by atoms with Crippen molar-refractivity contribution in [2.45, 2.75) is 24.0 Å². The second-order valence-corrected chi connectivity index (χ2v) is 10.9. The van der Waals surface area contributed by atoms with E-state index in [1.165, 1.54) is 17.8 Å². The van der Waals surface area contributed by atoms with Gasteiger partial charge in [-0.15, -0.1) is 11.8 Å². The van der Waals surface area contributed by atoms with Gasteiger partial charge in [0.05, 0.1) is 5.56 Å². The normalized spacial score (nSPS) is 11.6. The van der Waals surface area contributed by atoms with Gasteiger partial charge in [-0.05, 0) is 66.8 Å². The van der Waals surface area contributed by atoms with E-state index in [2.05, 4.69) is 10.6 Å². The molecule has 0 fully saturated rings. The Morgan fingerprint density at radius 1 is 0.732 bits per heavy atom. The lowest BCUT2D eigenvalue weighted by atomic mass is 9.98. The summed E-state index contributed by atoms with van der Waals surface area (Å²) in [6.45, 7) is 3.98. The van der Waals surface area contributed by atoms with Crippen LogP contribution in [0.2, 0.25) is 0 Å². The molecule has 41 heavy (non-hydrogen) atoms. The van der Waals surface area contributed by atoms with E-state index in [1.54, 1.807) is 36.4 Å². The lowest BCUT2D eigenvalue weighted by molar-refractivity contribution is -0.115. The lowest BCUT2D eigenvalue weighted by Crippen LogP contribution is -2.19. The van der Waals surface area contributed by atoms with Gasteiger partial charge in [-0.25, -0.2) is 4.79 Å². The highest BCUT2D eigenvalue weighted by Gasteiger charge is 2.23. The van der Waals surface area contributed by atoms with E-state index < -0.39 is 17.1 Å². The molecule has 0 heterocycles. The van der Waals surface area contributed by atoms with Crippen LogP contribution in [-0.2, 0) is 4.79 Å². The maximum atomic E-state index is 13.6. The zero-order chi connectivity index (χ0) is 28.9. The predicted octanol–water partition coefficient (Wildman–Crippen LogP) is 7.88. The Bertz CT molecular complexity index is 1760. The monoisotopic (exact) mass is 560 g/mol. The SMILES string of the molecule is Cc1ccc(NC(=O)C(Sc2cccc(NC(=O)c3cccc4cccc(C(=O)O)c34)c2)c2ccccc2)c(C)c1. The minimum absolute atomic E-state index is 0.0677. The molecule has 0 aliphatic carbocycles. The molecule has 5 rings (SSSR count). The average Bonchev–Trinajstić information content (AvgIpc) is 2.97. The summed E-state index contributed by atoms with van der Waals surface area (Å²) >= 11 is 1.38. The van der Waals surface area contributed by atoms with Crippen molar-refractivity contribution in [3.05, 3.63) is 137 Å². The summed E-state index contributed by atoms with van der Waals surface area (Å²) in [6, 6.07) is 32.8. The molecule has 5 aromatic rings. The van der Waals surface area contributed by atoms with Crippen LogP contribution in [-0.4, -0.2) is 22.9 Å². The van der Waals surface area contributed by atoms with E-state index in [1.807, 2.05) is 80.6 Å². The number of rotatable bonds is 8. The second-order valence-electron chi connectivity index (χ2n) is 9.71. The molecular weight excluding hydrogens is 532 g/mol. The molecule has 204 valence electrons. The molecule has 2 amide bonds. The molecule has 0 bridgehead atoms. The fourth-order valence-electron chi connectivity index (χ4n) is 4.74. The number of hydrogen-bond acceptors (Lipinski definition) is 4. The number of amides is 2.